The van der Waals surface area contributed by atoms with E-state index in [0.717, 1.165) is 33.0 Å². The Balaban J connectivity index is 0.000000314. The molecule has 1 unspecified atom stereocenters. The number of aromatic nitrogens is 1. The first-order chi connectivity index (χ1) is 20.9. The molecule has 2 aromatic carbocycles. The van der Waals surface area contributed by atoms with E-state index < -0.39 is 35.2 Å². The van der Waals surface area contributed by atoms with Crippen molar-refractivity contribution in [3.8, 4) is 11.1 Å². The highest BCUT2D eigenvalue weighted by Gasteiger charge is 2.35. The summed E-state index contributed by atoms with van der Waals surface area (Å²) in [6.07, 6.45) is -3.00. The van der Waals surface area contributed by atoms with Crippen molar-refractivity contribution in [2.24, 2.45) is 11.7 Å². The number of primary amides is 1. The van der Waals surface area contributed by atoms with Gasteiger partial charge in [-0.25, -0.2) is 4.39 Å². The van der Waals surface area contributed by atoms with Gasteiger partial charge in [-0.3, -0.25) is 14.4 Å². The highest BCUT2D eigenvalue weighted by atomic mass is 19.4. The van der Waals surface area contributed by atoms with Crippen LogP contribution in [0.5, 0.6) is 0 Å². The summed E-state index contributed by atoms with van der Waals surface area (Å²) in [6.45, 7) is 11.9. The molecule has 1 atom stereocenters. The molecule has 3 rings (SSSR count). The number of carbonyl (C=O) groups excluding carboxylic acids is 1. The Bertz CT molecular complexity index is 1560. The molecule has 246 valence electrons. The molecule has 0 aliphatic heterocycles. The number of aliphatic carboxylic acids is 1. The normalized spacial score (nSPS) is 12.1. The molecule has 7 nitrogen and oxygen atoms in total. The largest absolute Gasteiger partial charge is 0.481 e. The van der Waals surface area contributed by atoms with E-state index in [1.54, 1.807) is 20.0 Å². The molecule has 0 bridgehead atoms. The number of aryl methyl sites for hydroxylation is 5. The maximum absolute atomic E-state index is 14.2. The number of carboxylic acid groups (broad SMARTS) is 1. The lowest BCUT2D eigenvalue weighted by atomic mass is 9.91. The predicted octanol–water partition coefficient (Wildman–Crippen LogP) is 6.45. The molecule has 0 aliphatic rings. The third kappa shape index (κ3) is 10.3. The van der Waals surface area contributed by atoms with Crippen LogP contribution in [0.1, 0.15) is 71.7 Å². The van der Waals surface area contributed by atoms with Gasteiger partial charge < -0.3 is 20.7 Å². The molecule has 0 saturated carbocycles. The summed E-state index contributed by atoms with van der Waals surface area (Å²) in [4.78, 5) is 34.4. The number of pyridine rings is 1. The highest BCUT2D eigenvalue weighted by Crippen LogP contribution is 2.33. The van der Waals surface area contributed by atoms with Crippen LogP contribution >= 0.6 is 0 Å². The summed E-state index contributed by atoms with van der Waals surface area (Å²) < 4.78 is 54.5. The zero-order valence-corrected chi connectivity index (χ0v) is 26.9. The monoisotopic (exact) mass is 633 g/mol. The van der Waals surface area contributed by atoms with Crippen LogP contribution in [0.4, 0.5) is 17.6 Å². The van der Waals surface area contributed by atoms with Gasteiger partial charge in [0.2, 0.25) is 5.91 Å². The van der Waals surface area contributed by atoms with Crippen LogP contribution in [-0.4, -0.2) is 35.1 Å². The smallest absolute Gasteiger partial charge is 0.416 e. The zero-order valence-electron chi connectivity index (χ0n) is 26.9. The molecule has 0 spiro atoms. The van der Waals surface area contributed by atoms with Crippen molar-refractivity contribution < 1.29 is 32.3 Å². The first-order valence-corrected chi connectivity index (χ1v) is 14.7. The first kappa shape index (κ1) is 37.2. The van der Waals surface area contributed by atoms with Gasteiger partial charge in [0.05, 0.1) is 5.56 Å². The molecular weight excluding hydrogens is 590 g/mol. The number of benzene rings is 2. The third-order valence-electron chi connectivity index (χ3n) is 7.38. The summed E-state index contributed by atoms with van der Waals surface area (Å²) in [7, 11) is 1.62. The Morgan fingerprint density at radius 1 is 0.956 bits per heavy atom. The summed E-state index contributed by atoms with van der Waals surface area (Å²) in [5.41, 5.74) is 10.0. The Morgan fingerprint density at radius 2 is 1.56 bits per heavy atom. The average molecular weight is 634 g/mol. The number of nitrogens with one attached hydrogen (secondary N) is 1. The third-order valence-corrected chi connectivity index (χ3v) is 7.38. The standard InChI is InChI=1S/C19H21FO2.C15H22F3N3O2/c1-11-7-12(2)18(13(3)8-11)16-9-14(4)19(20)15(10-16)5-6-17(21)22;1-9(2)6-12(14(19)23)21-8-10(4-5-20-3)11(7-13(21)22)15(16,17)18/h7-10H,5-6H2,1-4H3,(H,21,22);7-9,12,20H,4-6H2,1-3H3,(H2,19,23). The summed E-state index contributed by atoms with van der Waals surface area (Å²) in [5, 5.41) is 11.6. The van der Waals surface area contributed by atoms with Crippen LogP contribution in [0.3, 0.4) is 0 Å². The summed E-state index contributed by atoms with van der Waals surface area (Å²) >= 11 is 0. The fraction of sp³-hybridized carbons (Fsp3) is 0.441. The van der Waals surface area contributed by atoms with Crippen LogP contribution in [0.15, 0.2) is 41.3 Å². The number of nitrogens with zero attached hydrogens (tertiary/aromatic N) is 1. The van der Waals surface area contributed by atoms with E-state index in [4.69, 9.17) is 10.8 Å². The molecule has 0 fully saturated rings. The second-order valence-corrected chi connectivity index (χ2v) is 11.8. The minimum atomic E-state index is -4.62. The molecule has 0 radical (unpaired) electrons. The number of amides is 1. The van der Waals surface area contributed by atoms with E-state index in [2.05, 4.69) is 24.4 Å². The van der Waals surface area contributed by atoms with Crippen LogP contribution in [0.25, 0.3) is 11.1 Å². The van der Waals surface area contributed by atoms with Crippen molar-refractivity contribution in [3.63, 3.8) is 0 Å². The van der Waals surface area contributed by atoms with Gasteiger partial charge in [0.1, 0.15) is 11.9 Å². The molecular formula is C34H43F4N3O4. The van der Waals surface area contributed by atoms with Crippen LogP contribution < -0.4 is 16.6 Å². The van der Waals surface area contributed by atoms with Crippen molar-refractivity contribution in [1.29, 1.82) is 0 Å². The van der Waals surface area contributed by atoms with E-state index in [9.17, 15) is 31.9 Å². The fourth-order valence-electron chi connectivity index (χ4n) is 5.42. The van der Waals surface area contributed by atoms with E-state index in [0.29, 0.717) is 23.7 Å². The maximum Gasteiger partial charge on any atom is 0.416 e. The molecule has 1 aromatic heterocycles. The molecule has 11 heteroatoms. The van der Waals surface area contributed by atoms with Gasteiger partial charge in [-0.1, -0.05) is 31.5 Å². The Hall–Kier alpha value is -3.99. The molecule has 4 N–H and O–H groups in total. The molecule has 0 saturated heterocycles. The van der Waals surface area contributed by atoms with Crippen molar-refractivity contribution in [3.05, 3.63) is 91.6 Å². The SMILES string of the molecule is CNCCc1cn(C(CC(C)C)C(N)=O)c(=O)cc1C(F)(F)F.Cc1cc(C)c(-c2cc(C)c(F)c(CCC(=O)O)c2)c(C)c1. The van der Waals surface area contributed by atoms with Gasteiger partial charge in [0.25, 0.3) is 5.56 Å². The molecule has 1 heterocycles. The summed E-state index contributed by atoms with van der Waals surface area (Å²) in [6, 6.07) is 7.43. The summed E-state index contributed by atoms with van der Waals surface area (Å²) in [5.74, 6) is -1.89. The highest BCUT2D eigenvalue weighted by molar-refractivity contribution is 5.78. The maximum atomic E-state index is 14.2. The lowest BCUT2D eigenvalue weighted by molar-refractivity contribution is -0.138. The molecule has 1 amide bonds. The van der Waals surface area contributed by atoms with E-state index in [-0.39, 0.29) is 43.0 Å². The van der Waals surface area contributed by atoms with Crippen LogP contribution in [-0.2, 0) is 28.6 Å². The van der Waals surface area contributed by atoms with Crippen molar-refractivity contribution in [2.45, 2.75) is 79.4 Å². The number of rotatable bonds is 11. The van der Waals surface area contributed by atoms with E-state index in [1.165, 1.54) is 5.56 Å². The minimum absolute atomic E-state index is 0.0403. The molecule has 45 heavy (non-hydrogen) atoms. The molecule has 3 aromatic rings. The average Bonchev–Trinajstić information content (AvgIpc) is 2.91. The van der Waals surface area contributed by atoms with Gasteiger partial charge in [-0.05, 0) is 118 Å². The van der Waals surface area contributed by atoms with Crippen LogP contribution in [0.2, 0.25) is 0 Å². The number of carbonyl (C=O) groups is 2. The van der Waals surface area contributed by atoms with Gasteiger partial charge in [0, 0.05) is 18.7 Å². The van der Waals surface area contributed by atoms with Crippen molar-refractivity contribution in [2.75, 3.05) is 13.6 Å². The van der Waals surface area contributed by atoms with Crippen molar-refractivity contribution >= 4 is 11.9 Å². The number of nitrogens with two attached hydrogens (primary N) is 1. The van der Waals surface area contributed by atoms with Crippen LogP contribution in [0, 0.1) is 39.4 Å². The Morgan fingerprint density at radius 3 is 2.04 bits per heavy atom. The van der Waals surface area contributed by atoms with Gasteiger partial charge in [0.15, 0.2) is 0 Å². The van der Waals surface area contributed by atoms with E-state index >= 15 is 0 Å². The Labute approximate surface area is 261 Å². The second-order valence-electron chi connectivity index (χ2n) is 11.8. The first-order valence-electron chi connectivity index (χ1n) is 14.7. The number of alkyl halides is 3. The second kappa shape index (κ2) is 15.8. The minimum Gasteiger partial charge on any atom is -0.481 e. The van der Waals surface area contributed by atoms with E-state index in [1.807, 2.05) is 33.8 Å². The quantitative estimate of drug-likeness (QED) is 0.210. The lowest BCUT2D eigenvalue weighted by Crippen LogP contribution is -2.35. The van der Waals surface area contributed by atoms with Crippen molar-refractivity contribution in [1.82, 2.24) is 9.88 Å². The van der Waals surface area contributed by atoms with Gasteiger partial charge in [-0.2, -0.15) is 13.2 Å². The topological polar surface area (TPSA) is 114 Å². The van der Waals surface area contributed by atoms with Gasteiger partial charge in [-0.15, -0.1) is 0 Å². The lowest BCUT2D eigenvalue weighted by Gasteiger charge is -2.21. The molecule has 0 aliphatic carbocycles. The fourth-order valence-corrected chi connectivity index (χ4v) is 5.42. The number of halogens is 4. The zero-order chi connectivity index (χ0) is 34.2. The van der Waals surface area contributed by atoms with Gasteiger partial charge >= 0.3 is 12.1 Å². The number of carboxylic acids is 1. The number of hydrogen-bond donors (Lipinski definition) is 3. The Kier molecular flexibility index (Phi) is 13.1. The number of likely N-dealkylation sites (N-methyl/N-ethyl adjacent to an activating group) is 1. The number of hydrogen-bond acceptors (Lipinski definition) is 4. The predicted molar refractivity (Wildman–Crippen MR) is 168 cm³/mol.